The van der Waals surface area contributed by atoms with Crippen LogP contribution >= 0.6 is 0 Å². The third kappa shape index (κ3) is 4.31. The fraction of sp³-hybridized carbons (Fsp3) is 0.611. The third-order valence-corrected chi connectivity index (χ3v) is 4.68. The van der Waals surface area contributed by atoms with E-state index in [1.54, 1.807) is 0 Å². The van der Waals surface area contributed by atoms with E-state index in [1.165, 1.54) is 5.56 Å². The highest BCUT2D eigenvalue weighted by molar-refractivity contribution is 5.77. The van der Waals surface area contributed by atoms with Crippen LogP contribution in [0.5, 0.6) is 0 Å². The summed E-state index contributed by atoms with van der Waals surface area (Å²) >= 11 is 0. The minimum absolute atomic E-state index is 0.232. The molecule has 21 heavy (non-hydrogen) atoms. The van der Waals surface area contributed by atoms with Crippen molar-refractivity contribution in [2.45, 2.75) is 51.6 Å². The number of amides is 1. The van der Waals surface area contributed by atoms with Gasteiger partial charge in [0, 0.05) is 25.4 Å². The molecule has 3 atom stereocenters. The number of benzene rings is 1. The van der Waals surface area contributed by atoms with Crippen LogP contribution in [0.3, 0.4) is 0 Å². The molecule has 116 valence electrons. The van der Waals surface area contributed by atoms with Gasteiger partial charge in [-0.05, 0) is 37.7 Å². The predicted molar refractivity (Wildman–Crippen MR) is 85.1 cm³/mol. The second-order valence-electron chi connectivity index (χ2n) is 6.20. The lowest BCUT2D eigenvalue weighted by molar-refractivity contribution is -0.134. The van der Waals surface area contributed by atoms with E-state index in [1.807, 2.05) is 30.0 Å². The summed E-state index contributed by atoms with van der Waals surface area (Å²) in [5.74, 6) is 0.765. The summed E-state index contributed by atoms with van der Waals surface area (Å²) in [6.07, 6.45) is 3.26. The number of likely N-dealkylation sites (tertiary alicyclic amines) is 1. The smallest absolute Gasteiger partial charge is 0.223 e. The number of hydrogen-bond acceptors (Lipinski definition) is 2. The van der Waals surface area contributed by atoms with Crippen molar-refractivity contribution in [2.24, 2.45) is 5.92 Å². The third-order valence-electron chi connectivity index (χ3n) is 4.68. The molecule has 1 aliphatic heterocycles. The molecule has 1 fully saturated rings. The molecule has 1 aromatic rings. The molecule has 0 bridgehead atoms. The van der Waals surface area contributed by atoms with Crippen molar-refractivity contribution in [1.82, 2.24) is 4.90 Å². The van der Waals surface area contributed by atoms with Crippen molar-refractivity contribution in [2.75, 3.05) is 13.1 Å². The topological polar surface area (TPSA) is 40.5 Å². The minimum Gasteiger partial charge on any atom is -0.393 e. The van der Waals surface area contributed by atoms with Gasteiger partial charge in [0.2, 0.25) is 5.91 Å². The number of carbonyl (C=O) groups excluding carboxylic acids is 1. The van der Waals surface area contributed by atoms with Crippen molar-refractivity contribution in [1.29, 1.82) is 0 Å². The molecule has 1 saturated heterocycles. The van der Waals surface area contributed by atoms with Gasteiger partial charge < -0.3 is 10.0 Å². The molecule has 0 aromatic heterocycles. The Balaban J connectivity index is 1.96. The van der Waals surface area contributed by atoms with E-state index >= 15 is 0 Å². The number of piperidine rings is 1. The summed E-state index contributed by atoms with van der Waals surface area (Å²) in [4.78, 5) is 14.5. The Bertz CT molecular complexity index is 444. The molecule has 0 aliphatic carbocycles. The minimum atomic E-state index is -0.323. The van der Waals surface area contributed by atoms with E-state index < -0.39 is 0 Å². The average Bonchev–Trinajstić information content (AvgIpc) is 2.53. The quantitative estimate of drug-likeness (QED) is 0.904. The van der Waals surface area contributed by atoms with Crippen LogP contribution in [-0.4, -0.2) is 35.1 Å². The van der Waals surface area contributed by atoms with Crippen LogP contribution in [0, 0.1) is 5.92 Å². The van der Waals surface area contributed by atoms with E-state index in [4.69, 9.17) is 0 Å². The highest BCUT2D eigenvalue weighted by atomic mass is 16.3. The van der Waals surface area contributed by atoms with Crippen molar-refractivity contribution in [3.63, 3.8) is 0 Å². The number of aliphatic hydroxyl groups is 1. The van der Waals surface area contributed by atoms with E-state index in [0.717, 1.165) is 25.8 Å². The molecule has 1 aromatic carbocycles. The van der Waals surface area contributed by atoms with Gasteiger partial charge in [-0.2, -0.15) is 0 Å². The Morgan fingerprint density at radius 3 is 2.71 bits per heavy atom. The highest BCUT2D eigenvalue weighted by Crippen LogP contribution is 2.26. The SMILES string of the molecule is CCC(CC(=O)N1CCCC(C(C)O)C1)c1ccccc1. The van der Waals surface area contributed by atoms with Crippen LogP contribution in [0.1, 0.15) is 51.0 Å². The lowest BCUT2D eigenvalue weighted by Crippen LogP contribution is -2.43. The van der Waals surface area contributed by atoms with Crippen LogP contribution in [0.4, 0.5) is 0 Å². The van der Waals surface area contributed by atoms with Gasteiger partial charge in [-0.25, -0.2) is 0 Å². The molecule has 3 unspecified atom stereocenters. The molecule has 0 saturated carbocycles. The van der Waals surface area contributed by atoms with Gasteiger partial charge in [0.25, 0.3) is 0 Å². The monoisotopic (exact) mass is 289 g/mol. The number of nitrogens with zero attached hydrogens (tertiary/aromatic N) is 1. The molecule has 3 heteroatoms. The second kappa shape index (κ2) is 7.60. The Labute approximate surface area is 128 Å². The van der Waals surface area contributed by atoms with Crippen molar-refractivity contribution in [3.8, 4) is 0 Å². The molecular formula is C18H27NO2. The van der Waals surface area contributed by atoms with Gasteiger partial charge in [-0.15, -0.1) is 0 Å². The van der Waals surface area contributed by atoms with Gasteiger partial charge in [0.15, 0.2) is 0 Å². The van der Waals surface area contributed by atoms with Crippen molar-refractivity contribution < 1.29 is 9.90 Å². The van der Waals surface area contributed by atoms with Crippen LogP contribution < -0.4 is 0 Å². The molecule has 3 nitrogen and oxygen atoms in total. The van der Waals surface area contributed by atoms with E-state index in [-0.39, 0.29) is 17.9 Å². The van der Waals surface area contributed by atoms with Gasteiger partial charge in [0.05, 0.1) is 6.10 Å². The maximum absolute atomic E-state index is 12.6. The van der Waals surface area contributed by atoms with Gasteiger partial charge in [-0.3, -0.25) is 4.79 Å². The predicted octanol–water partition coefficient (Wildman–Crippen LogP) is 3.19. The molecule has 0 radical (unpaired) electrons. The first kappa shape index (κ1) is 16.0. The first-order chi connectivity index (χ1) is 10.1. The van der Waals surface area contributed by atoms with E-state index in [0.29, 0.717) is 18.9 Å². The van der Waals surface area contributed by atoms with Gasteiger partial charge in [-0.1, -0.05) is 37.3 Å². The van der Waals surface area contributed by atoms with Crippen LogP contribution in [0.15, 0.2) is 30.3 Å². The van der Waals surface area contributed by atoms with Gasteiger partial charge >= 0.3 is 0 Å². The largest absolute Gasteiger partial charge is 0.393 e. The number of rotatable bonds is 5. The summed E-state index contributed by atoms with van der Waals surface area (Å²) in [7, 11) is 0. The molecule has 2 rings (SSSR count). The van der Waals surface area contributed by atoms with E-state index in [2.05, 4.69) is 19.1 Å². The first-order valence-corrected chi connectivity index (χ1v) is 8.12. The van der Waals surface area contributed by atoms with Crippen LogP contribution in [-0.2, 0) is 4.79 Å². The lowest BCUT2D eigenvalue weighted by Gasteiger charge is -2.35. The Kier molecular flexibility index (Phi) is 5.80. The molecule has 1 N–H and O–H groups in total. The maximum Gasteiger partial charge on any atom is 0.223 e. The highest BCUT2D eigenvalue weighted by Gasteiger charge is 2.27. The van der Waals surface area contributed by atoms with Gasteiger partial charge in [0.1, 0.15) is 0 Å². The Morgan fingerprint density at radius 2 is 2.10 bits per heavy atom. The molecule has 1 aliphatic rings. The number of hydrogen-bond donors (Lipinski definition) is 1. The fourth-order valence-electron chi connectivity index (χ4n) is 3.19. The van der Waals surface area contributed by atoms with Crippen molar-refractivity contribution in [3.05, 3.63) is 35.9 Å². The van der Waals surface area contributed by atoms with E-state index in [9.17, 15) is 9.90 Å². The van der Waals surface area contributed by atoms with Crippen LogP contribution in [0.25, 0.3) is 0 Å². The number of aliphatic hydroxyl groups excluding tert-OH is 1. The molecule has 1 heterocycles. The summed E-state index contributed by atoms with van der Waals surface area (Å²) in [6, 6.07) is 10.3. The zero-order valence-electron chi connectivity index (χ0n) is 13.2. The molecule has 0 spiro atoms. The average molecular weight is 289 g/mol. The van der Waals surface area contributed by atoms with Crippen LogP contribution in [0.2, 0.25) is 0 Å². The summed E-state index contributed by atoms with van der Waals surface area (Å²) in [6.45, 7) is 5.52. The zero-order chi connectivity index (χ0) is 15.2. The fourth-order valence-corrected chi connectivity index (χ4v) is 3.19. The second-order valence-corrected chi connectivity index (χ2v) is 6.20. The summed E-state index contributed by atoms with van der Waals surface area (Å²) < 4.78 is 0. The summed E-state index contributed by atoms with van der Waals surface area (Å²) in [5, 5.41) is 9.74. The van der Waals surface area contributed by atoms with Crippen molar-refractivity contribution >= 4 is 5.91 Å². The number of carbonyl (C=O) groups is 1. The zero-order valence-corrected chi connectivity index (χ0v) is 13.2. The molecular weight excluding hydrogens is 262 g/mol. The first-order valence-electron chi connectivity index (χ1n) is 8.12. The maximum atomic E-state index is 12.6. The Morgan fingerprint density at radius 1 is 1.38 bits per heavy atom. The Hall–Kier alpha value is -1.35. The normalized spacial score (nSPS) is 21.9. The standard InChI is InChI=1S/C18H27NO2/c1-3-15(16-8-5-4-6-9-16)12-18(21)19-11-7-10-17(13-19)14(2)20/h4-6,8-9,14-15,17,20H,3,7,10-13H2,1-2H3. The summed E-state index contributed by atoms with van der Waals surface area (Å²) in [5.41, 5.74) is 1.25. The lowest BCUT2D eigenvalue weighted by atomic mass is 9.90. The molecule has 1 amide bonds.